The first kappa shape index (κ1) is 11.6. The second kappa shape index (κ2) is 3.31. The molecule has 3 heteroatoms. The highest BCUT2D eigenvalue weighted by atomic mass is 16.5. The molecule has 90 valence electrons. The van der Waals surface area contributed by atoms with Gasteiger partial charge in [0.1, 0.15) is 11.9 Å². The fraction of sp³-hybridized carbons (Fsp3) is 0.846. The first-order valence-corrected chi connectivity index (χ1v) is 5.93. The Bertz CT molecular complexity index is 345. The van der Waals surface area contributed by atoms with Crippen LogP contribution in [-0.2, 0) is 14.3 Å². The number of ketones is 1. The maximum Gasteiger partial charge on any atom is 0.302 e. The van der Waals surface area contributed by atoms with Gasteiger partial charge in [-0.3, -0.25) is 9.59 Å². The summed E-state index contributed by atoms with van der Waals surface area (Å²) in [7, 11) is 0. The number of Topliss-reactive ketones (excluding diaryl/α,β-unsaturated/α-hetero) is 1. The zero-order valence-electron chi connectivity index (χ0n) is 10.5. The van der Waals surface area contributed by atoms with E-state index < -0.39 is 0 Å². The van der Waals surface area contributed by atoms with Crippen LogP contribution in [0.4, 0.5) is 0 Å². The molecule has 2 saturated carbocycles. The van der Waals surface area contributed by atoms with Crippen LogP contribution >= 0.6 is 0 Å². The lowest BCUT2D eigenvalue weighted by Gasteiger charge is -2.57. The van der Waals surface area contributed by atoms with Gasteiger partial charge in [0, 0.05) is 13.3 Å². The third kappa shape index (κ3) is 1.76. The van der Waals surface area contributed by atoms with Crippen molar-refractivity contribution >= 4 is 11.8 Å². The summed E-state index contributed by atoms with van der Waals surface area (Å²) in [5.41, 5.74) is 0.155. The summed E-state index contributed by atoms with van der Waals surface area (Å²) in [6.07, 6.45) is 2.34. The van der Waals surface area contributed by atoms with Crippen LogP contribution in [-0.4, -0.2) is 17.9 Å². The molecule has 2 aliphatic carbocycles. The summed E-state index contributed by atoms with van der Waals surface area (Å²) in [5.74, 6) is -0.0506. The molecule has 3 atom stereocenters. The van der Waals surface area contributed by atoms with Gasteiger partial charge < -0.3 is 4.74 Å². The van der Waals surface area contributed by atoms with E-state index in [0.29, 0.717) is 6.42 Å². The molecule has 0 aromatic rings. The van der Waals surface area contributed by atoms with E-state index in [2.05, 4.69) is 20.8 Å². The minimum absolute atomic E-state index is 0.0515. The molecule has 2 aliphatic rings. The molecule has 3 unspecified atom stereocenters. The first-order valence-electron chi connectivity index (χ1n) is 5.93. The fourth-order valence-electron chi connectivity index (χ4n) is 3.83. The molecule has 0 aromatic heterocycles. The smallest absolute Gasteiger partial charge is 0.302 e. The van der Waals surface area contributed by atoms with Crippen LogP contribution in [0.25, 0.3) is 0 Å². The van der Waals surface area contributed by atoms with Crippen LogP contribution < -0.4 is 0 Å². The second-order valence-electron chi connectivity index (χ2n) is 6.47. The van der Waals surface area contributed by atoms with Crippen molar-refractivity contribution in [2.75, 3.05) is 0 Å². The topological polar surface area (TPSA) is 43.4 Å². The minimum atomic E-state index is -0.273. The number of hydrogen-bond donors (Lipinski definition) is 0. The molecular weight excluding hydrogens is 204 g/mol. The molecule has 0 saturated heterocycles. The van der Waals surface area contributed by atoms with Crippen molar-refractivity contribution in [3.63, 3.8) is 0 Å². The average Bonchev–Trinajstić information content (AvgIpc) is 1.95. The Morgan fingerprint density at radius 2 is 2.00 bits per heavy atom. The SMILES string of the molecule is CC(=O)OC1CC2(C)CC(C)(C)CC(=O)C12. The van der Waals surface area contributed by atoms with E-state index in [9.17, 15) is 9.59 Å². The molecule has 0 radical (unpaired) electrons. The highest BCUT2D eigenvalue weighted by Gasteiger charge is 2.60. The molecule has 0 bridgehead atoms. The molecule has 2 rings (SSSR count). The third-order valence-corrected chi connectivity index (χ3v) is 3.99. The molecule has 0 aliphatic heterocycles. The zero-order valence-corrected chi connectivity index (χ0v) is 10.5. The second-order valence-corrected chi connectivity index (χ2v) is 6.47. The number of esters is 1. The summed E-state index contributed by atoms with van der Waals surface area (Å²) >= 11 is 0. The molecule has 16 heavy (non-hydrogen) atoms. The van der Waals surface area contributed by atoms with Crippen LogP contribution in [0.3, 0.4) is 0 Å². The molecule has 0 aromatic carbocycles. The molecular formula is C13H20O3. The Kier molecular flexibility index (Phi) is 2.41. The summed E-state index contributed by atoms with van der Waals surface area (Å²) in [4.78, 5) is 23.0. The van der Waals surface area contributed by atoms with Gasteiger partial charge in [0.15, 0.2) is 0 Å². The number of carbonyl (C=O) groups is 2. The standard InChI is InChI=1S/C13H20O3/c1-8(14)16-10-6-13(4)7-12(2,3)5-9(15)11(10)13/h10-11H,5-7H2,1-4H3. The van der Waals surface area contributed by atoms with Gasteiger partial charge in [-0.05, 0) is 23.7 Å². The van der Waals surface area contributed by atoms with Gasteiger partial charge in [-0.25, -0.2) is 0 Å². The van der Waals surface area contributed by atoms with Gasteiger partial charge in [0.2, 0.25) is 0 Å². The van der Waals surface area contributed by atoms with E-state index in [4.69, 9.17) is 4.74 Å². The molecule has 0 heterocycles. The van der Waals surface area contributed by atoms with E-state index in [0.717, 1.165) is 12.8 Å². The Balaban J connectivity index is 2.13. The number of carbonyl (C=O) groups excluding carboxylic acids is 2. The predicted octanol–water partition coefficient (Wildman–Crippen LogP) is 2.33. The van der Waals surface area contributed by atoms with E-state index >= 15 is 0 Å². The van der Waals surface area contributed by atoms with Crippen LogP contribution in [0.5, 0.6) is 0 Å². The summed E-state index contributed by atoms with van der Waals surface area (Å²) < 4.78 is 5.20. The maximum absolute atomic E-state index is 12.1. The van der Waals surface area contributed by atoms with Crippen molar-refractivity contribution in [2.24, 2.45) is 16.7 Å². The highest BCUT2D eigenvalue weighted by molar-refractivity contribution is 5.85. The zero-order chi connectivity index (χ0) is 12.1. The quantitative estimate of drug-likeness (QED) is 0.642. The Hall–Kier alpha value is -0.860. The predicted molar refractivity (Wildman–Crippen MR) is 59.8 cm³/mol. The summed E-state index contributed by atoms with van der Waals surface area (Å²) in [6.45, 7) is 7.85. The summed E-state index contributed by atoms with van der Waals surface area (Å²) in [6, 6.07) is 0. The van der Waals surface area contributed by atoms with Crippen molar-refractivity contribution in [2.45, 2.75) is 53.1 Å². The largest absolute Gasteiger partial charge is 0.462 e. The van der Waals surface area contributed by atoms with Crippen LogP contribution in [0.2, 0.25) is 0 Å². The minimum Gasteiger partial charge on any atom is -0.462 e. The first-order chi connectivity index (χ1) is 7.23. The Morgan fingerprint density at radius 1 is 1.38 bits per heavy atom. The lowest BCUT2D eigenvalue weighted by atomic mass is 9.48. The average molecular weight is 224 g/mol. The van der Waals surface area contributed by atoms with Crippen molar-refractivity contribution in [3.8, 4) is 0 Å². The normalized spacial score (nSPS) is 40.9. The van der Waals surface area contributed by atoms with Gasteiger partial charge in [-0.1, -0.05) is 20.8 Å². The monoisotopic (exact) mass is 224 g/mol. The van der Waals surface area contributed by atoms with Gasteiger partial charge in [0.05, 0.1) is 5.92 Å². The van der Waals surface area contributed by atoms with Crippen molar-refractivity contribution in [1.82, 2.24) is 0 Å². The highest BCUT2D eigenvalue weighted by Crippen LogP contribution is 2.59. The lowest BCUT2D eigenvalue weighted by molar-refractivity contribution is -0.189. The number of fused-ring (bicyclic) bond motifs is 1. The molecule has 2 fully saturated rings. The van der Waals surface area contributed by atoms with Gasteiger partial charge >= 0.3 is 5.97 Å². The van der Waals surface area contributed by atoms with Crippen LogP contribution in [0.15, 0.2) is 0 Å². The van der Waals surface area contributed by atoms with E-state index in [1.54, 1.807) is 0 Å². The van der Waals surface area contributed by atoms with Crippen molar-refractivity contribution in [3.05, 3.63) is 0 Å². The van der Waals surface area contributed by atoms with Crippen LogP contribution in [0, 0.1) is 16.7 Å². The van der Waals surface area contributed by atoms with Gasteiger partial charge in [-0.15, -0.1) is 0 Å². The fourth-order valence-corrected chi connectivity index (χ4v) is 3.83. The molecule has 3 nitrogen and oxygen atoms in total. The number of ether oxygens (including phenoxy) is 1. The van der Waals surface area contributed by atoms with Crippen LogP contribution in [0.1, 0.15) is 47.0 Å². The Morgan fingerprint density at radius 3 is 2.50 bits per heavy atom. The van der Waals surface area contributed by atoms with Crippen molar-refractivity contribution in [1.29, 1.82) is 0 Å². The summed E-state index contributed by atoms with van der Waals surface area (Å²) in [5, 5.41) is 0. The Labute approximate surface area is 96.5 Å². The maximum atomic E-state index is 12.1. The lowest BCUT2D eigenvalue weighted by Crippen LogP contribution is -2.60. The molecule has 0 spiro atoms. The van der Waals surface area contributed by atoms with Gasteiger partial charge in [-0.2, -0.15) is 0 Å². The van der Waals surface area contributed by atoms with Crippen molar-refractivity contribution < 1.29 is 14.3 Å². The van der Waals surface area contributed by atoms with Gasteiger partial charge in [0.25, 0.3) is 0 Å². The molecule has 0 amide bonds. The molecule has 0 N–H and O–H groups in total. The number of hydrogen-bond acceptors (Lipinski definition) is 3. The van der Waals surface area contributed by atoms with E-state index in [1.165, 1.54) is 6.92 Å². The van der Waals surface area contributed by atoms with E-state index in [1.807, 2.05) is 0 Å². The number of rotatable bonds is 1. The third-order valence-electron chi connectivity index (χ3n) is 3.99. The van der Waals surface area contributed by atoms with E-state index in [-0.39, 0.29) is 34.6 Å².